The third-order valence-electron chi connectivity index (χ3n) is 2.39. The highest BCUT2D eigenvalue weighted by Crippen LogP contribution is 2.32. The minimum atomic E-state index is -3.86. The van der Waals surface area contributed by atoms with Gasteiger partial charge in [0.1, 0.15) is 4.90 Å². The summed E-state index contributed by atoms with van der Waals surface area (Å²) in [6, 6.07) is 4.68. The lowest BCUT2D eigenvalue weighted by Gasteiger charge is -2.07. The van der Waals surface area contributed by atoms with Crippen LogP contribution < -0.4 is 0 Å². The molecule has 0 aliphatic rings. The van der Waals surface area contributed by atoms with Crippen LogP contribution in [-0.2, 0) is 14.3 Å². The largest absolute Gasteiger partial charge is 0.411 e. The molecule has 2 rings (SSSR count). The molecule has 0 radical (unpaired) electrons. The van der Waals surface area contributed by atoms with E-state index in [1.165, 1.54) is 17.8 Å². The molecule has 0 saturated heterocycles. The van der Waals surface area contributed by atoms with Crippen LogP contribution >= 0.6 is 27.7 Å². The van der Waals surface area contributed by atoms with Crippen molar-refractivity contribution in [3.63, 3.8) is 0 Å². The number of halogens is 1. The van der Waals surface area contributed by atoms with E-state index in [1.807, 2.05) is 6.92 Å². The number of rotatable bonds is 6. The summed E-state index contributed by atoms with van der Waals surface area (Å²) in [6.45, 7) is 3.62. The van der Waals surface area contributed by atoms with E-state index < -0.39 is 10.1 Å². The van der Waals surface area contributed by atoms with Crippen molar-refractivity contribution in [2.24, 2.45) is 0 Å². The van der Waals surface area contributed by atoms with E-state index in [9.17, 15) is 8.42 Å². The number of thioether (sulfide) groups is 1. The molecule has 21 heavy (non-hydrogen) atoms. The molecular formula is C12H13BrN2O4S2. The Hall–Kier alpha value is -0.900. The van der Waals surface area contributed by atoms with Crippen molar-refractivity contribution in [1.29, 1.82) is 0 Å². The van der Waals surface area contributed by atoms with Gasteiger partial charge in [-0.05, 0) is 30.9 Å². The molecule has 0 spiro atoms. The summed E-state index contributed by atoms with van der Waals surface area (Å²) in [6.07, 6.45) is 0. The first kappa shape index (κ1) is 16.5. The minimum absolute atomic E-state index is 0.00393. The highest BCUT2D eigenvalue weighted by Gasteiger charge is 2.23. The molecule has 0 aliphatic carbocycles. The Balaban J connectivity index is 2.53. The van der Waals surface area contributed by atoms with E-state index in [0.717, 1.165) is 5.75 Å². The molecule has 0 aliphatic heterocycles. The second kappa shape index (κ2) is 6.91. The fourth-order valence-corrected chi connectivity index (χ4v) is 3.54. The van der Waals surface area contributed by atoms with Gasteiger partial charge in [0.25, 0.3) is 15.3 Å². The third kappa shape index (κ3) is 3.85. The van der Waals surface area contributed by atoms with Crippen LogP contribution in [0.4, 0.5) is 0 Å². The second-order valence-electron chi connectivity index (χ2n) is 3.81. The zero-order chi connectivity index (χ0) is 15.5. The van der Waals surface area contributed by atoms with Gasteiger partial charge in [-0.1, -0.05) is 34.6 Å². The zero-order valence-electron chi connectivity index (χ0n) is 11.4. The van der Waals surface area contributed by atoms with Gasteiger partial charge in [-0.3, -0.25) is 4.18 Å². The Morgan fingerprint density at radius 3 is 2.76 bits per heavy atom. The van der Waals surface area contributed by atoms with Crippen LogP contribution in [0.1, 0.15) is 13.8 Å². The summed E-state index contributed by atoms with van der Waals surface area (Å²) in [5, 5.41) is 8.17. The summed E-state index contributed by atoms with van der Waals surface area (Å²) in [7, 11) is -3.86. The molecule has 0 saturated carbocycles. The first-order valence-electron chi connectivity index (χ1n) is 6.13. The number of benzene rings is 1. The van der Waals surface area contributed by atoms with E-state index in [2.05, 4.69) is 26.1 Å². The minimum Gasteiger partial charge on any atom is -0.411 e. The Bertz CT molecular complexity index is 731. The average Bonchev–Trinajstić information content (AvgIpc) is 2.87. The van der Waals surface area contributed by atoms with Gasteiger partial charge in [-0.25, -0.2) is 0 Å². The van der Waals surface area contributed by atoms with Crippen molar-refractivity contribution in [2.45, 2.75) is 24.0 Å². The van der Waals surface area contributed by atoms with Gasteiger partial charge < -0.3 is 4.42 Å². The summed E-state index contributed by atoms with van der Waals surface area (Å²) < 4.78 is 35.3. The van der Waals surface area contributed by atoms with Gasteiger partial charge in [-0.15, -0.1) is 10.2 Å². The molecule has 0 bridgehead atoms. The highest BCUT2D eigenvalue weighted by atomic mass is 79.9. The molecule has 0 N–H and O–H groups in total. The lowest BCUT2D eigenvalue weighted by Crippen LogP contribution is -2.07. The Kier molecular flexibility index (Phi) is 5.42. The van der Waals surface area contributed by atoms with Gasteiger partial charge >= 0.3 is 0 Å². The van der Waals surface area contributed by atoms with Crippen LogP contribution in [0.2, 0.25) is 0 Å². The molecular weight excluding hydrogens is 380 g/mol. The maximum atomic E-state index is 12.1. The second-order valence-corrected chi connectivity index (χ2v) is 7.52. The quantitative estimate of drug-likeness (QED) is 0.550. The van der Waals surface area contributed by atoms with Crippen LogP contribution in [0.25, 0.3) is 11.5 Å². The number of nitrogens with zero attached hydrogens (tertiary/aromatic N) is 2. The van der Waals surface area contributed by atoms with E-state index in [1.54, 1.807) is 19.1 Å². The van der Waals surface area contributed by atoms with E-state index >= 15 is 0 Å². The smallest absolute Gasteiger partial charge is 0.297 e. The van der Waals surface area contributed by atoms with Crippen LogP contribution in [0.15, 0.2) is 37.2 Å². The molecule has 114 valence electrons. The molecule has 6 nitrogen and oxygen atoms in total. The molecule has 0 atom stereocenters. The predicted octanol–water partition coefficient (Wildman–Crippen LogP) is 3.34. The Morgan fingerprint density at radius 2 is 2.10 bits per heavy atom. The summed E-state index contributed by atoms with van der Waals surface area (Å²) in [5.41, 5.74) is 0.313. The first-order chi connectivity index (χ1) is 9.97. The maximum absolute atomic E-state index is 12.1. The molecule has 0 fully saturated rings. The van der Waals surface area contributed by atoms with Crippen molar-refractivity contribution in [3.8, 4) is 11.5 Å². The predicted molar refractivity (Wildman–Crippen MR) is 82.6 cm³/mol. The topological polar surface area (TPSA) is 82.3 Å². The van der Waals surface area contributed by atoms with Gasteiger partial charge in [0.2, 0.25) is 5.89 Å². The zero-order valence-corrected chi connectivity index (χ0v) is 14.6. The number of aromatic nitrogens is 2. The van der Waals surface area contributed by atoms with E-state index in [0.29, 0.717) is 15.3 Å². The van der Waals surface area contributed by atoms with Gasteiger partial charge in [0.05, 0.1) is 12.2 Å². The van der Waals surface area contributed by atoms with Crippen molar-refractivity contribution in [3.05, 3.63) is 22.7 Å². The lowest BCUT2D eigenvalue weighted by molar-refractivity contribution is 0.338. The van der Waals surface area contributed by atoms with Crippen LogP contribution in [0.3, 0.4) is 0 Å². The summed E-state index contributed by atoms with van der Waals surface area (Å²) in [5.74, 6) is 0.926. The monoisotopic (exact) mass is 392 g/mol. The van der Waals surface area contributed by atoms with Crippen LogP contribution in [0.5, 0.6) is 0 Å². The van der Waals surface area contributed by atoms with Gasteiger partial charge in [-0.2, -0.15) is 8.42 Å². The summed E-state index contributed by atoms with van der Waals surface area (Å²) in [4.78, 5) is 0.00393. The first-order valence-corrected chi connectivity index (χ1v) is 9.32. The van der Waals surface area contributed by atoms with Crippen LogP contribution in [0, 0.1) is 0 Å². The molecule has 0 amide bonds. The molecule has 9 heteroatoms. The number of hydrogen-bond donors (Lipinski definition) is 0. The third-order valence-corrected chi connectivity index (χ3v) is 5.02. The van der Waals surface area contributed by atoms with Crippen molar-refractivity contribution < 1.29 is 17.0 Å². The molecule has 1 heterocycles. The van der Waals surface area contributed by atoms with E-state index in [-0.39, 0.29) is 17.4 Å². The van der Waals surface area contributed by atoms with E-state index in [4.69, 9.17) is 8.60 Å². The Morgan fingerprint density at radius 1 is 1.33 bits per heavy atom. The Labute approximate surface area is 135 Å². The molecule has 1 aromatic heterocycles. The fourth-order valence-electron chi connectivity index (χ4n) is 1.61. The maximum Gasteiger partial charge on any atom is 0.297 e. The molecule has 0 unspecified atom stereocenters. The van der Waals surface area contributed by atoms with Crippen LogP contribution in [-0.4, -0.2) is 31.0 Å². The summed E-state index contributed by atoms with van der Waals surface area (Å²) >= 11 is 4.69. The number of hydrogen-bond acceptors (Lipinski definition) is 7. The standard InChI is InChI=1S/C12H13BrN2O4S2/c1-3-18-21(16,17)10-6-5-8(13)7-9(10)11-14-15-12(19-11)20-4-2/h5-7H,3-4H2,1-2H3. The van der Waals surface area contributed by atoms with Crippen molar-refractivity contribution in [1.82, 2.24) is 10.2 Å². The fraction of sp³-hybridized carbons (Fsp3) is 0.333. The highest BCUT2D eigenvalue weighted by molar-refractivity contribution is 9.10. The van der Waals surface area contributed by atoms with Crippen molar-refractivity contribution in [2.75, 3.05) is 12.4 Å². The lowest BCUT2D eigenvalue weighted by atomic mass is 10.2. The molecule has 2 aromatic rings. The van der Waals surface area contributed by atoms with Gasteiger partial charge in [0, 0.05) is 4.47 Å². The molecule has 1 aromatic carbocycles. The average molecular weight is 393 g/mol. The normalized spacial score (nSPS) is 11.8. The SMILES string of the molecule is CCOS(=O)(=O)c1ccc(Br)cc1-c1nnc(SCC)o1. The van der Waals surface area contributed by atoms with Crippen molar-refractivity contribution >= 4 is 37.8 Å². The van der Waals surface area contributed by atoms with Gasteiger partial charge in [0.15, 0.2) is 0 Å².